The smallest absolute Gasteiger partial charge is 0.414 e. The molecule has 0 unspecified atom stereocenters. The molecule has 0 bridgehead atoms. The minimum absolute atomic E-state index is 0.101. The fourth-order valence-corrected chi connectivity index (χ4v) is 4.23. The Labute approximate surface area is 230 Å². The standard InChI is InChI=1S/C28H38N2O3.C2H2O4/c1-4-5-10-25-22-26-11-6-7-17-30(26)27(25)28(31)24-14-12-23(13-15-24)9-8-16-29(18-20-32-2)19-21-33-3;3-1(4)2(5)6/h6-7,11-15,17,22H,4-5,8-10,16,18-21H2,1-3H3;(H,3,4)(H,5,6). The lowest BCUT2D eigenvalue weighted by molar-refractivity contribution is -0.159. The molecule has 3 rings (SSSR count). The summed E-state index contributed by atoms with van der Waals surface area (Å²) in [6.07, 6.45) is 7.17. The Balaban J connectivity index is 0.000000798. The first kappa shape index (κ1) is 31.7. The fraction of sp³-hybridized carbons (Fsp3) is 0.433. The SMILES string of the molecule is CCCCc1cc2ccccn2c1C(=O)c1ccc(CCCN(CCOC)CCOC)cc1.O=C(O)C(=O)O. The summed E-state index contributed by atoms with van der Waals surface area (Å²) in [4.78, 5) is 34.0. The number of carbonyl (C=O) groups is 3. The van der Waals surface area contributed by atoms with Crippen LogP contribution in [0, 0.1) is 0 Å². The number of methoxy groups -OCH3 is 2. The van der Waals surface area contributed by atoms with Crippen molar-refractivity contribution < 1.29 is 34.1 Å². The summed E-state index contributed by atoms with van der Waals surface area (Å²) in [7, 11) is 3.47. The van der Waals surface area contributed by atoms with Crippen molar-refractivity contribution >= 4 is 23.2 Å². The topological polar surface area (TPSA) is 118 Å². The first-order valence-electron chi connectivity index (χ1n) is 13.2. The summed E-state index contributed by atoms with van der Waals surface area (Å²) < 4.78 is 12.5. The van der Waals surface area contributed by atoms with E-state index in [2.05, 4.69) is 36.1 Å². The number of carboxylic acids is 2. The number of carbonyl (C=O) groups excluding carboxylic acids is 1. The van der Waals surface area contributed by atoms with Gasteiger partial charge >= 0.3 is 11.9 Å². The maximum Gasteiger partial charge on any atom is 0.414 e. The lowest BCUT2D eigenvalue weighted by Gasteiger charge is -2.21. The van der Waals surface area contributed by atoms with E-state index < -0.39 is 11.9 Å². The number of rotatable bonds is 15. The van der Waals surface area contributed by atoms with Crippen LogP contribution in [0.15, 0.2) is 54.7 Å². The van der Waals surface area contributed by atoms with E-state index in [4.69, 9.17) is 29.3 Å². The molecule has 9 heteroatoms. The van der Waals surface area contributed by atoms with E-state index in [1.54, 1.807) is 14.2 Å². The number of aromatic nitrogens is 1. The van der Waals surface area contributed by atoms with Crippen molar-refractivity contribution in [2.24, 2.45) is 0 Å². The molecule has 39 heavy (non-hydrogen) atoms. The van der Waals surface area contributed by atoms with Gasteiger partial charge in [-0.2, -0.15) is 0 Å². The summed E-state index contributed by atoms with van der Waals surface area (Å²) in [5, 5.41) is 14.8. The number of benzene rings is 1. The van der Waals surface area contributed by atoms with Gasteiger partial charge in [0.05, 0.1) is 18.9 Å². The van der Waals surface area contributed by atoms with Crippen LogP contribution in [0.5, 0.6) is 0 Å². The highest BCUT2D eigenvalue weighted by Crippen LogP contribution is 2.22. The van der Waals surface area contributed by atoms with Gasteiger partial charge in [0.15, 0.2) is 0 Å². The number of carboxylic acid groups (broad SMARTS) is 2. The van der Waals surface area contributed by atoms with Crippen LogP contribution < -0.4 is 0 Å². The maximum absolute atomic E-state index is 13.5. The molecule has 0 spiro atoms. The first-order chi connectivity index (χ1) is 18.8. The second kappa shape index (κ2) is 17.1. The summed E-state index contributed by atoms with van der Waals surface area (Å²) in [6.45, 7) is 6.48. The van der Waals surface area contributed by atoms with Gasteiger partial charge in [-0.25, -0.2) is 9.59 Å². The average Bonchev–Trinajstić information content (AvgIpc) is 3.31. The number of aryl methyl sites for hydroxylation is 2. The molecule has 0 radical (unpaired) electrons. The number of ketones is 1. The van der Waals surface area contributed by atoms with Gasteiger partial charge in [-0.05, 0) is 61.6 Å². The third-order valence-electron chi connectivity index (χ3n) is 6.34. The number of hydrogen-bond acceptors (Lipinski definition) is 6. The Morgan fingerprint density at radius 1 is 0.846 bits per heavy atom. The Hall–Kier alpha value is -3.53. The van der Waals surface area contributed by atoms with Gasteiger partial charge in [0.2, 0.25) is 5.78 Å². The first-order valence-corrected chi connectivity index (χ1v) is 13.2. The van der Waals surface area contributed by atoms with Gasteiger partial charge < -0.3 is 24.1 Å². The highest BCUT2D eigenvalue weighted by molar-refractivity contribution is 6.27. The van der Waals surface area contributed by atoms with Crippen LogP contribution >= 0.6 is 0 Å². The van der Waals surface area contributed by atoms with E-state index in [1.165, 1.54) is 5.56 Å². The highest BCUT2D eigenvalue weighted by Gasteiger charge is 2.18. The Bertz CT molecular complexity index is 1170. The van der Waals surface area contributed by atoms with Crippen LogP contribution in [-0.2, 0) is 31.9 Å². The average molecular weight is 541 g/mol. The van der Waals surface area contributed by atoms with Crippen LogP contribution in [0.3, 0.4) is 0 Å². The van der Waals surface area contributed by atoms with Crippen molar-refractivity contribution in [3.63, 3.8) is 0 Å². The molecule has 0 amide bonds. The number of aliphatic carboxylic acids is 2. The van der Waals surface area contributed by atoms with Crippen molar-refractivity contribution in [2.45, 2.75) is 39.0 Å². The summed E-state index contributed by atoms with van der Waals surface area (Å²) >= 11 is 0. The molecule has 0 aliphatic heterocycles. The lowest BCUT2D eigenvalue weighted by Crippen LogP contribution is -2.31. The molecule has 0 aliphatic carbocycles. The third kappa shape index (κ3) is 10.3. The molecule has 0 aliphatic rings. The van der Waals surface area contributed by atoms with E-state index in [-0.39, 0.29) is 5.78 Å². The van der Waals surface area contributed by atoms with Gasteiger partial charge in [0.1, 0.15) is 0 Å². The van der Waals surface area contributed by atoms with E-state index in [9.17, 15) is 4.79 Å². The number of nitrogens with zero attached hydrogens (tertiary/aromatic N) is 2. The number of fused-ring (bicyclic) bond motifs is 1. The number of unbranched alkanes of at least 4 members (excludes halogenated alkanes) is 1. The van der Waals surface area contributed by atoms with Gasteiger partial charge in [-0.3, -0.25) is 9.69 Å². The number of hydrogen-bond donors (Lipinski definition) is 2. The molecule has 2 N–H and O–H groups in total. The molecule has 9 nitrogen and oxygen atoms in total. The van der Waals surface area contributed by atoms with E-state index in [1.807, 2.05) is 34.9 Å². The van der Waals surface area contributed by atoms with Gasteiger partial charge in [-0.15, -0.1) is 0 Å². The molecular weight excluding hydrogens is 500 g/mol. The van der Waals surface area contributed by atoms with Crippen molar-refractivity contribution in [1.29, 1.82) is 0 Å². The Morgan fingerprint density at radius 3 is 2.05 bits per heavy atom. The zero-order chi connectivity index (χ0) is 28.6. The molecule has 2 aromatic heterocycles. The fourth-order valence-electron chi connectivity index (χ4n) is 4.23. The largest absolute Gasteiger partial charge is 0.473 e. The summed E-state index contributed by atoms with van der Waals surface area (Å²) in [5.74, 6) is -3.55. The van der Waals surface area contributed by atoms with Gasteiger partial charge in [0.25, 0.3) is 0 Å². The van der Waals surface area contributed by atoms with Crippen LogP contribution in [0.1, 0.15) is 53.4 Å². The zero-order valence-corrected chi connectivity index (χ0v) is 23.1. The summed E-state index contributed by atoms with van der Waals surface area (Å²) in [5.41, 5.74) is 5.04. The molecule has 3 aromatic rings. The predicted molar refractivity (Wildman–Crippen MR) is 150 cm³/mol. The quantitative estimate of drug-likeness (QED) is 0.218. The molecule has 212 valence electrons. The minimum atomic E-state index is -1.82. The molecule has 0 atom stereocenters. The van der Waals surface area contributed by atoms with Crippen molar-refractivity contribution in [1.82, 2.24) is 9.30 Å². The second-order valence-electron chi connectivity index (χ2n) is 9.18. The van der Waals surface area contributed by atoms with Crippen LogP contribution in [0.25, 0.3) is 5.52 Å². The van der Waals surface area contributed by atoms with Crippen LogP contribution in [-0.4, -0.2) is 84.3 Å². The molecule has 2 heterocycles. The monoisotopic (exact) mass is 540 g/mol. The Kier molecular flexibility index (Phi) is 13.9. The van der Waals surface area contributed by atoms with Gasteiger partial charge in [-0.1, -0.05) is 43.7 Å². The molecular formula is C30H40N2O7. The van der Waals surface area contributed by atoms with Crippen molar-refractivity contribution in [2.75, 3.05) is 47.1 Å². The maximum atomic E-state index is 13.5. The van der Waals surface area contributed by atoms with Crippen molar-refractivity contribution in [3.05, 3.63) is 77.1 Å². The van der Waals surface area contributed by atoms with E-state index in [0.717, 1.165) is 87.3 Å². The van der Waals surface area contributed by atoms with Crippen LogP contribution in [0.2, 0.25) is 0 Å². The second-order valence-corrected chi connectivity index (χ2v) is 9.18. The minimum Gasteiger partial charge on any atom is -0.473 e. The van der Waals surface area contributed by atoms with E-state index >= 15 is 0 Å². The summed E-state index contributed by atoms with van der Waals surface area (Å²) in [6, 6.07) is 16.4. The number of ether oxygens (including phenoxy) is 2. The predicted octanol–water partition coefficient (Wildman–Crippen LogP) is 4.20. The number of pyridine rings is 1. The molecule has 0 saturated carbocycles. The van der Waals surface area contributed by atoms with Crippen LogP contribution in [0.4, 0.5) is 0 Å². The van der Waals surface area contributed by atoms with Gasteiger partial charge in [0, 0.05) is 44.6 Å². The van der Waals surface area contributed by atoms with Crippen molar-refractivity contribution in [3.8, 4) is 0 Å². The normalized spacial score (nSPS) is 10.9. The molecule has 1 aromatic carbocycles. The zero-order valence-electron chi connectivity index (χ0n) is 23.1. The lowest BCUT2D eigenvalue weighted by atomic mass is 10.00. The Morgan fingerprint density at radius 2 is 1.49 bits per heavy atom. The molecule has 0 fully saturated rings. The third-order valence-corrected chi connectivity index (χ3v) is 6.34. The van der Waals surface area contributed by atoms with E-state index in [0.29, 0.717) is 0 Å². The highest BCUT2D eigenvalue weighted by atomic mass is 16.5. The molecule has 0 saturated heterocycles.